The lowest BCUT2D eigenvalue weighted by Crippen LogP contribution is -2.45. The zero-order valence-electron chi connectivity index (χ0n) is 15.6. The number of hydrogen-bond acceptors (Lipinski definition) is 3. The molecule has 1 aliphatic heterocycles. The Morgan fingerprint density at radius 1 is 1.09 bits per heavy atom. The summed E-state index contributed by atoms with van der Waals surface area (Å²) in [6.45, 7) is 9.76. The summed E-state index contributed by atoms with van der Waals surface area (Å²) in [5.74, 6) is 0.842. The van der Waals surface area contributed by atoms with Gasteiger partial charge in [0.1, 0.15) is 5.60 Å². The summed E-state index contributed by atoms with van der Waals surface area (Å²) in [6, 6.07) is 1.24. The fourth-order valence-electron chi connectivity index (χ4n) is 3.99. The molecule has 1 N–H and O–H groups in total. The van der Waals surface area contributed by atoms with Gasteiger partial charge in [0.2, 0.25) is 0 Å². The van der Waals surface area contributed by atoms with Gasteiger partial charge < -0.3 is 15.0 Å². The second kappa shape index (κ2) is 8.36. The van der Waals surface area contributed by atoms with E-state index in [0.717, 1.165) is 31.8 Å². The molecule has 0 aromatic carbocycles. The van der Waals surface area contributed by atoms with E-state index >= 15 is 0 Å². The van der Waals surface area contributed by atoms with E-state index in [9.17, 15) is 4.79 Å². The van der Waals surface area contributed by atoms with E-state index in [0.29, 0.717) is 12.1 Å². The molecule has 1 saturated heterocycles. The topological polar surface area (TPSA) is 41.6 Å². The molecule has 1 amide bonds. The van der Waals surface area contributed by atoms with Crippen LogP contribution >= 0.6 is 0 Å². The van der Waals surface area contributed by atoms with Gasteiger partial charge in [-0.1, -0.05) is 26.2 Å². The Morgan fingerprint density at radius 2 is 1.83 bits per heavy atom. The van der Waals surface area contributed by atoms with Gasteiger partial charge in [-0.3, -0.25) is 0 Å². The number of rotatable bonds is 3. The monoisotopic (exact) mass is 324 g/mol. The fourth-order valence-corrected chi connectivity index (χ4v) is 3.99. The number of hydrogen-bond donors (Lipinski definition) is 1. The van der Waals surface area contributed by atoms with Crippen LogP contribution in [0.1, 0.15) is 79.1 Å². The van der Waals surface area contributed by atoms with E-state index in [2.05, 4.69) is 12.2 Å². The van der Waals surface area contributed by atoms with Gasteiger partial charge in [-0.2, -0.15) is 0 Å². The average Bonchev–Trinajstić information content (AvgIpc) is 2.72. The normalized spacial score (nSPS) is 29.9. The van der Waals surface area contributed by atoms with Crippen molar-refractivity contribution in [3.8, 4) is 0 Å². The maximum Gasteiger partial charge on any atom is 0.410 e. The molecular weight excluding hydrogens is 288 g/mol. The van der Waals surface area contributed by atoms with Crippen molar-refractivity contribution in [3.05, 3.63) is 0 Å². The van der Waals surface area contributed by atoms with Gasteiger partial charge in [-0.05, 0) is 58.8 Å². The van der Waals surface area contributed by atoms with E-state index in [1.54, 1.807) is 0 Å². The Bertz CT molecular complexity index is 378. The number of nitrogens with zero attached hydrogens (tertiary/aromatic N) is 1. The maximum absolute atomic E-state index is 12.2. The molecule has 0 aromatic rings. The lowest BCUT2D eigenvalue weighted by molar-refractivity contribution is 0.0255. The molecular formula is C19H36N2O2. The molecule has 3 unspecified atom stereocenters. The predicted octanol–water partition coefficient (Wildman–Crippen LogP) is 4.33. The molecule has 2 fully saturated rings. The van der Waals surface area contributed by atoms with Gasteiger partial charge >= 0.3 is 6.09 Å². The van der Waals surface area contributed by atoms with E-state index in [1.165, 1.54) is 38.5 Å². The molecule has 134 valence electrons. The number of carbonyl (C=O) groups excluding carboxylic acids is 1. The molecule has 0 bridgehead atoms. The quantitative estimate of drug-likeness (QED) is 0.840. The highest BCUT2D eigenvalue weighted by molar-refractivity contribution is 5.68. The van der Waals surface area contributed by atoms with Gasteiger partial charge in [0, 0.05) is 25.2 Å². The van der Waals surface area contributed by atoms with Crippen LogP contribution in [0.2, 0.25) is 0 Å². The first-order chi connectivity index (χ1) is 10.9. The highest BCUT2D eigenvalue weighted by atomic mass is 16.6. The average molecular weight is 325 g/mol. The molecule has 2 aliphatic rings. The third-order valence-electron chi connectivity index (χ3n) is 5.26. The first-order valence-electron chi connectivity index (χ1n) is 9.63. The standard InChI is InChI=1S/C19H36N2O2/c1-5-15-9-6-7-11-17(15)20-16-10-8-13-21(14-12-16)18(22)23-19(2,3)4/h15-17,20H,5-14H2,1-4H3. The van der Waals surface area contributed by atoms with Crippen LogP contribution in [0.4, 0.5) is 4.79 Å². The fraction of sp³-hybridized carbons (Fsp3) is 0.947. The Hall–Kier alpha value is -0.770. The smallest absolute Gasteiger partial charge is 0.410 e. The number of nitrogens with one attached hydrogen (secondary N) is 1. The minimum absolute atomic E-state index is 0.151. The lowest BCUT2D eigenvalue weighted by Gasteiger charge is -2.34. The molecule has 1 aliphatic carbocycles. The van der Waals surface area contributed by atoms with E-state index < -0.39 is 5.60 Å². The molecule has 0 radical (unpaired) electrons. The number of likely N-dealkylation sites (tertiary alicyclic amines) is 1. The van der Waals surface area contributed by atoms with Gasteiger partial charge in [-0.15, -0.1) is 0 Å². The highest BCUT2D eigenvalue weighted by Crippen LogP contribution is 2.28. The van der Waals surface area contributed by atoms with Crippen LogP contribution < -0.4 is 5.32 Å². The summed E-state index contributed by atoms with van der Waals surface area (Å²) in [6.07, 6.45) is 9.89. The van der Waals surface area contributed by atoms with E-state index in [4.69, 9.17) is 4.74 Å². The van der Waals surface area contributed by atoms with Crippen molar-refractivity contribution >= 4 is 6.09 Å². The van der Waals surface area contributed by atoms with Crippen LogP contribution in [0.15, 0.2) is 0 Å². The second-order valence-corrected chi connectivity index (χ2v) is 8.32. The van der Waals surface area contributed by atoms with Crippen LogP contribution in [-0.4, -0.2) is 41.8 Å². The molecule has 2 rings (SSSR count). The molecule has 4 nitrogen and oxygen atoms in total. The molecule has 0 aromatic heterocycles. The summed E-state index contributed by atoms with van der Waals surface area (Å²) in [5, 5.41) is 3.93. The van der Waals surface area contributed by atoms with Crippen molar-refractivity contribution in [2.24, 2.45) is 5.92 Å². The van der Waals surface area contributed by atoms with Gasteiger partial charge in [-0.25, -0.2) is 4.79 Å². The van der Waals surface area contributed by atoms with Gasteiger partial charge in [0.25, 0.3) is 0 Å². The van der Waals surface area contributed by atoms with Gasteiger partial charge in [0.05, 0.1) is 0 Å². The van der Waals surface area contributed by atoms with E-state index in [1.807, 2.05) is 25.7 Å². The Kier molecular flexibility index (Phi) is 6.75. The first-order valence-corrected chi connectivity index (χ1v) is 9.63. The molecule has 1 saturated carbocycles. The zero-order valence-corrected chi connectivity index (χ0v) is 15.6. The second-order valence-electron chi connectivity index (χ2n) is 8.32. The van der Waals surface area contributed by atoms with Crippen molar-refractivity contribution in [1.82, 2.24) is 10.2 Å². The SMILES string of the molecule is CCC1CCCCC1NC1CCCN(C(=O)OC(C)(C)C)CC1. The Morgan fingerprint density at radius 3 is 2.52 bits per heavy atom. The predicted molar refractivity (Wildman–Crippen MR) is 94.6 cm³/mol. The van der Waals surface area contributed by atoms with Crippen molar-refractivity contribution in [2.45, 2.75) is 96.7 Å². The molecule has 0 spiro atoms. The summed E-state index contributed by atoms with van der Waals surface area (Å²) in [4.78, 5) is 14.1. The van der Waals surface area contributed by atoms with Crippen molar-refractivity contribution < 1.29 is 9.53 Å². The summed E-state index contributed by atoms with van der Waals surface area (Å²) < 4.78 is 5.52. The molecule has 23 heavy (non-hydrogen) atoms. The van der Waals surface area contributed by atoms with Crippen LogP contribution in [0, 0.1) is 5.92 Å². The van der Waals surface area contributed by atoms with Crippen LogP contribution in [0.25, 0.3) is 0 Å². The summed E-state index contributed by atoms with van der Waals surface area (Å²) in [7, 11) is 0. The minimum atomic E-state index is -0.405. The summed E-state index contributed by atoms with van der Waals surface area (Å²) >= 11 is 0. The first kappa shape index (κ1) is 18.6. The maximum atomic E-state index is 12.2. The Labute approximate surface area is 142 Å². The largest absolute Gasteiger partial charge is 0.444 e. The number of carbonyl (C=O) groups is 1. The van der Waals surface area contributed by atoms with Crippen LogP contribution in [0.5, 0.6) is 0 Å². The summed E-state index contributed by atoms with van der Waals surface area (Å²) in [5.41, 5.74) is -0.405. The number of amides is 1. The van der Waals surface area contributed by atoms with Crippen molar-refractivity contribution in [1.29, 1.82) is 0 Å². The Balaban J connectivity index is 1.82. The number of ether oxygens (including phenoxy) is 1. The third kappa shape index (κ3) is 5.98. The van der Waals surface area contributed by atoms with Crippen LogP contribution in [0.3, 0.4) is 0 Å². The zero-order chi connectivity index (χ0) is 16.9. The molecule has 4 heteroatoms. The van der Waals surface area contributed by atoms with Crippen molar-refractivity contribution in [2.75, 3.05) is 13.1 Å². The van der Waals surface area contributed by atoms with Crippen LogP contribution in [-0.2, 0) is 4.74 Å². The highest BCUT2D eigenvalue weighted by Gasteiger charge is 2.29. The minimum Gasteiger partial charge on any atom is -0.444 e. The molecule has 3 atom stereocenters. The van der Waals surface area contributed by atoms with Gasteiger partial charge in [0.15, 0.2) is 0 Å². The van der Waals surface area contributed by atoms with E-state index in [-0.39, 0.29) is 6.09 Å². The third-order valence-corrected chi connectivity index (χ3v) is 5.26. The molecule has 1 heterocycles. The lowest BCUT2D eigenvalue weighted by atomic mass is 9.82. The van der Waals surface area contributed by atoms with Crippen molar-refractivity contribution in [3.63, 3.8) is 0 Å².